The van der Waals surface area contributed by atoms with E-state index in [9.17, 15) is 4.79 Å². The van der Waals surface area contributed by atoms with Crippen LogP contribution >= 0.6 is 0 Å². The Labute approximate surface area is 153 Å². The van der Waals surface area contributed by atoms with Crippen molar-refractivity contribution in [2.24, 2.45) is 0 Å². The van der Waals surface area contributed by atoms with Crippen molar-refractivity contribution < 1.29 is 4.74 Å². The second kappa shape index (κ2) is 7.70. The number of benzene rings is 2. The highest BCUT2D eigenvalue weighted by molar-refractivity contribution is 5.77. The molecule has 1 atom stereocenters. The summed E-state index contributed by atoms with van der Waals surface area (Å²) in [6, 6.07) is 13.6. The van der Waals surface area contributed by atoms with E-state index in [4.69, 9.17) is 4.74 Å². The fourth-order valence-corrected chi connectivity index (χ4v) is 3.03. The zero-order valence-corrected chi connectivity index (χ0v) is 15.7. The van der Waals surface area contributed by atoms with Gasteiger partial charge in [0.25, 0.3) is 5.56 Å². The minimum Gasteiger partial charge on any atom is -0.492 e. The molecule has 136 valence electrons. The minimum absolute atomic E-state index is 0.0184. The molecule has 0 amide bonds. The lowest BCUT2D eigenvalue weighted by Gasteiger charge is -2.24. The van der Waals surface area contributed by atoms with Gasteiger partial charge >= 0.3 is 0 Å². The molecule has 1 aromatic heterocycles. The number of nitrogens with zero attached hydrogens (tertiary/aromatic N) is 2. The van der Waals surface area contributed by atoms with Crippen molar-refractivity contribution in [3.63, 3.8) is 0 Å². The van der Waals surface area contributed by atoms with Crippen LogP contribution in [0.4, 0.5) is 0 Å². The van der Waals surface area contributed by atoms with Gasteiger partial charge in [-0.25, -0.2) is 4.98 Å². The van der Waals surface area contributed by atoms with Crippen molar-refractivity contribution in [2.75, 3.05) is 20.2 Å². The van der Waals surface area contributed by atoms with E-state index in [1.807, 2.05) is 44.3 Å². The first kappa shape index (κ1) is 18.1. The summed E-state index contributed by atoms with van der Waals surface area (Å²) in [5.74, 6) is 1.56. The predicted molar refractivity (Wildman–Crippen MR) is 105 cm³/mol. The number of ether oxygens (including phenoxy) is 1. The van der Waals surface area contributed by atoms with Gasteiger partial charge in [-0.2, -0.15) is 0 Å². The molecular weight excluding hydrogens is 326 g/mol. The zero-order valence-electron chi connectivity index (χ0n) is 15.7. The van der Waals surface area contributed by atoms with E-state index in [1.165, 1.54) is 11.1 Å². The molecule has 0 saturated carbocycles. The largest absolute Gasteiger partial charge is 0.492 e. The van der Waals surface area contributed by atoms with Crippen molar-refractivity contribution in [3.8, 4) is 5.75 Å². The Hall–Kier alpha value is -2.66. The number of hydrogen-bond acceptors (Lipinski definition) is 4. The third-order valence-corrected chi connectivity index (χ3v) is 4.60. The topological polar surface area (TPSA) is 58.2 Å². The third kappa shape index (κ3) is 4.11. The van der Waals surface area contributed by atoms with Crippen LogP contribution in [0.2, 0.25) is 0 Å². The van der Waals surface area contributed by atoms with Crippen LogP contribution in [-0.2, 0) is 0 Å². The SMILES string of the molecule is Cc1cc(C)cc(OCCN(C)[C@@H](C)c2nc3ccccc3c(=O)[nH]2)c1. The summed E-state index contributed by atoms with van der Waals surface area (Å²) >= 11 is 0. The van der Waals surface area contributed by atoms with Gasteiger partial charge in [-0.15, -0.1) is 0 Å². The molecule has 1 heterocycles. The van der Waals surface area contributed by atoms with Gasteiger partial charge in [0.1, 0.15) is 18.2 Å². The molecule has 0 fully saturated rings. The molecule has 0 aliphatic carbocycles. The molecule has 5 nitrogen and oxygen atoms in total. The van der Waals surface area contributed by atoms with Gasteiger partial charge in [-0.05, 0) is 63.2 Å². The maximum atomic E-state index is 12.3. The molecule has 0 saturated heterocycles. The fourth-order valence-electron chi connectivity index (χ4n) is 3.03. The molecule has 0 bridgehead atoms. The molecule has 0 aliphatic heterocycles. The highest BCUT2D eigenvalue weighted by atomic mass is 16.5. The summed E-state index contributed by atoms with van der Waals surface area (Å²) in [4.78, 5) is 21.9. The molecule has 3 aromatic rings. The van der Waals surface area contributed by atoms with E-state index in [2.05, 4.69) is 34.8 Å². The smallest absolute Gasteiger partial charge is 0.258 e. The van der Waals surface area contributed by atoms with Gasteiger partial charge in [0.05, 0.1) is 16.9 Å². The Bertz CT molecular complexity index is 945. The van der Waals surface area contributed by atoms with Crippen LogP contribution < -0.4 is 10.3 Å². The maximum absolute atomic E-state index is 12.3. The van der Waals surface area contributed by atoms with E-state index in [0.717, 1.165) is 17.8 Å². The van der Waals surface area contributed by atoms with Gasteiger partial charge in [0.2, 0.25) is 0 Å². The van der Waals surface area contributed by atoms with E-state index < -0.39 is 0 Å². The van der Waals surface area contributed by atoms with Crippen molar-refractivity contribution >= 4 is 10.9 Å². The van der Waals surface area contributed by atoms with Crippen LogP contribution in [0.3, 0.4) is 0 Å². The van der Waals surface area contributed by atoms with Crippen molar-refractivity contribution in [2.45, 2.75) is 26.8 Å². The van der Waals surface area contributed by atoms with Gasteiger partial charge < -0.3 is 9.72 Å². The van der Waals surface area contributed by atoms with Crippen LogP contribution in [0, 0.1) is 13.8 Å². The number of fused-ring (bicyclic) bond motifs is 1. The standard InChI is InChI=1S/C21H25N3O2/c1-14-11-15(2)13-17(12-14)26-10-9-24(4)16(3)20-22-19-8-6-5-7-18(19)21(25)23-20/h5-8,11-13,16H,9-10H2,1-4H3,(H,22,23,25)/t16-/m0/s1. The summed E-state index contributed by atoms with van der Waals surface area (Å²) in [6.07, 6.45) is 0. The number of aromatic amines is 1. The number of aryl methyl sites for hydroxylation is 2. The molecule has 5 heteroatoms. The monoisotopic (exact) mass is 351 g/mol. The maximum Gasteiger partial charge on any atom is 0.258 e. The number of hydrogen-bond donors (Lipinski definition) is 1. The number of rotatable bonds is 6. The normalized spacial score (nSPS) is 12.5. The Balaban J connectivity index is 1.66. The van der Waals surface area contributed by atoms with Crippen LogP contribution in [0.15, 0.2) is 47.3 Å². The second-order valence-electron chi connectivity index (χ2n) is 6.80. The van der Waals surface area contributed by atoms with Crippen LogP contribution in [0.1, 0.15) is 29.9 Å². The Morgan fingerprint density at radius 1 is 1.15 bits per heavy atom. The number of H-pyrrole nitrogens is 1. The Morgan fingerprint density at radius 3 is 2.58 bits per heavy atom. The van der Waals surface area contributed by atoms with Crippen LogP contribution in [0.5, 0.6) is 5.75 Å². The third-order valence-electron chi connectivity index (χ3n) is 4.60. The van der Waals surface area contributed by atoms with Crippen molar-refractivity contribution in [1.29, 1.82) is 0 Å². The van der Waals surface area contributed by atoms with Crippen LogP contribution in [-0.4, -0.2) is 35.1 Å². The van der Waals surface area contributed by atoms with Crippen molar-refractivity contribution in [3.05, 3.63) is 69.8 Å². The molecule has 3 rings (SSSR count). The fraction of sp³-hybridized carbons (Fsp3) is 0.333. The minimum atomic E-state index is -0.0997. The first-order chi connectivity index (χ1) is 12.4. The average Bonchev–Trinajstić information content (AvgIpc) is 2.60. The number of nitrogens with one attached hydrogen (secondary N) is 1. The number of aromatic nitrogens is 2. The molecule has 26 heavy (non-hydrogen) atoms. The van der Waals surface area contributed by atoms with Gasteiger partial charge in [0.15, 0.2) is 0 Å². The predicted octanol–water partition coefficient (Wildman–Crippen LogP) is 3.61. The lowest BCUT2D eigenvalue weighted by molar-refractivity contribution is 0.196. The molecular formula is C21H25N3O2. The van der Waals surface area contributed by atoms with E-state index in [1.54, 1.807) is 6.07 Å². The summed E-state index contributed by atoms with van der Waals surface area (Å²) in [6.45, 7) is 7.46. The highest BCUT2D eigenvalue weighted by Gasteiger charge is 2.15. The molecule has 1 N–H and O–H groups in total. The lowest BCUT2D eigenvalue weighted by Crippen LogP contribution is -2.29. The van der Waals surface area contributed by atoms with Gasteiger partial charge in [0, 0.05) is 6.54 Å². The molecule has 0 spiro atoms. The van der Waals surface area contributed by atoms with Crippen molar-refractivity contribution in [1.82, 2.24) is 14.9 Å². The molecule has 0 radical (unpaired) electrons. The summed E-state index contributed by atoms with van der Waals surface area (Å²) in [5.41, 5.74) is 3.01. The first-order valence-corrected chi connectivity index (χ1v) is 8.84. The van der Waals surface area contributed by atoms with Gasteiger partial charge in [-0.3, -0.25) is 9.69 Å². The second-order valence-corrected chi connectivity index (χ2v) is 6.80. The Morgan fingerprint density at radius 2 is 1.85 bits per heavy atom. The van der Waals surface area contributed by atoms with E-state index in [-0.39, 0.29) is 11.6 Å². The molecule has 2 aromatic carbocycles. The summed E-state index contributed by atoms with van der Waals surface area (Å²) in [5, 5.41) is 0.615. The first-order valence-electron chi connectivity index (χ1n) is 8.84. The summed E-state index contributed by atoms with van der Waals surface area (Å²) < 4.78 is 5.88. The highest BCUT2D eigenvalue weighted by Crippen LogP contribution is 2.18. The average molecular weight is 351 g/mol. The van der Waals surface area contributed by atoms with Gasteiger partial charge in [-0.1, -0.05) is 18.2 Å². The Kier molecular flexibility index (Phi) is 5.38. The number of para-hydroxylation sites is 1. The van der Waals surface area contributed by atoms with E-state index in [0.29, 0.717) is 17.8 Å². The molecule has 0 aliphatic rings. The van der Waals surface area contributed by atoms with Crippen LogP contribution in [0.25, 0.3) is 10.9 Å². The van der Waals surface area contributed by atoms with E-state index >= 15 is 0 Å². The molecule has 0 unspecified atom stereocenters. The lowest BCUT2D eigenvalue weighted by atomic mass is 10.1. The zero-order chi connectivity index (χ0) is 18.7. The quantitative estimate of drug-likeness (QED) is 0.737. The summed E-state index contributed by atoms with van der Waals surface area (Å²) in [7, 11) is 2.00. The number of likely N-dealkylation sites (N-methyl/N-ethyl adjacent to an activating group) is 1.